The van der Waals surface area contributed by atoms with E-state index in [0.29, 0.717) is 32.0 Å². The van der Waals surface area contributed by atoms with E-state index >= 15 is 0 Å². The molecule has 1 N–H and O–H groups in total. The number of rotatable bonds is 7. The molecule has 0 bridgehead atoms. The first-order chi connectivity index (χ1) is 9.91. The van der Waals surface area contributed by atoms with Crippen LogP contribution in [0.4, 0.5) is 5.95 Å². The highest BCUT2D eigenvalue weighted by Gasteiger charge is 2.13. The maximum absolute atomic E-state index is 11.5. The van der Waals surface area contributed by atoms with E-state index in [1.165, 1.54) is 10.6 Å². The summed E-state index contributed by atoms with van der Waals surface area (Å²) in [6.45, 7) is 5.42. The predicted molar refractivity (Wildman–Crippen MR) is 82.9 cm³/mol. The number of anilines is 1. The molecular weight excluding hydrogens is 290 g/mol. The fraction of sp³-hybridized carbons (Fsp3) is 0.538. The van der Waals surface area contributed by atoms with E-state index in [1.54, 1.807) is 4.52 Å². The molecule has 2 aromatic rings. The summed E-state index contributed by atoms with van der Waals surface area (Å²) in [5.41, 5.74) is 1.81. The Morgan fingerprint density at radius 1 is 1.38 bits per heavy atom. The number of nitrogens with zero attached hydrogens (tertiary/aromatic N) is 4. The lowest BCUT2D eigenvalue weighted by Crippen LogP contribution is -2.31. The van der Waals surface area contributed by atoms with Gasteiger partial charge in [0, 0.05) is 25.3 Å². The molecular formula is C13H21N5O2S. The van der Waals surface area contributed by atoms with E-state index in [2.05, 4.69) is 15.4 Å². The van der Waals surface area contributed by atoms with Crippen LogP contribution in [0.1, 0.15) is 19.0 Å². The van der Waals surface area contributed by atoms with E-state index in [0.717, 1.165) is 11.3 Å². The molecule has 0 aliphatic heterocycles. The highest BCUT2D eigenvalue weighted by Crippen LogP contribution is 2.08. The summed E-state index contributed by atoms with van der Waals surface area (Å²) < 4.78 is 26.1. The largest absolute Gasteiger partial charge is 0.353 e. The number of aryl methyl sites for hydroxylation is 1. The molecule has 21 heavy (non-hydrogen) atoms. The van der Waals surface area contributed by atoms with Gasteiger partial charge in [0.1, 0.15) is 0 Å². The Balaban J connectivity index is 1.89. The molecule has 0 amide bonds. The van der Waals surface area contributed by atoms with Gasteiger partial charge in [0.15, 0.2) is 5.65 Å². The second kappa shape index (κ2) is 6.40. The summed E-state index contributed by atoms with van der Waals surface area (Å²) >= 11 is 0. The van der Waals surface area contributed by atoms with Gasteiger partial charge in [-0.05, 0) is 25.5 Å². The van der Waals surface area contributed by atoms with Crippen molar-refractivity contribution in [2.24, 2.45) is 0 Å². The predicted octanol–water partition coefficient (Wildman–Crippen LogP) is 1.12. The molecule has 2 aromatic heterocycles. The highest BCUT2D eigenvalue weighted by atomic mass is 32.2. The van der Waals surface area contributed by atoms with Gasteiger partial charge >= 0.3 is 0 Å². The number of pyridine rings is 1. The summed E-state index contributed by atoms with van der Waals surface area (Å²) in [6.07, 6.45) is 1.94. The van der Waals surface area contributed by atoms with Crippen molar-refractivity contribution in [2.45, 2.75) is 20.3 Å². The van der Waals surface area contributed by atoms with Crippen LogP contribution >= 0.6 is 0 Å². The van der Waals surface area contributed by atoms with Gasteiger partial charge in [-0.25, -0.2) is 17.2 Å². The van der Waals surface area contributed by atoms with Crippen molar-refractivity contribution in [3.8, 4) is 0 Å². The minimum absolute atomic E-state index is 0.491. The fourth-order valence-corrected chi connectivity index (χ4v) is 3.05. The average molecular weight is 311 g/mol. The molecule has 2 rings (SSSR count). The van der Waals surface area contributed by atoms with Gasteiger partial charge in [0.25, 0.3) is 0 Å². The molecule has 0 aliphatic carbocycles. The molecule has 0 saturated heterocycles. The van der Waals surface area contributed by atoms with Crippen molar-refractivity contribution in [1.29, 1.82) is 0 Å². The van der Waals surface area contributed by atoms with Gasteiger partial charge < -0.3 is 5.32 Å². The van der Waals surface area contributed by atoms with Crippen LogP contribution in [0, 0.1) is 6.92 Å². The Labute approximate surface area is 125 Å². The number of nitrogens with one attached hydrogen (secondary N) is 1. The highest BCUT2D eigenvalue weighted by molar-refractivity contribution is 7.88. The first kappa shape index (κ1) is 15.7. The Kier molecular flexibility index (Phi) is 4.79. The molecule has 0 unspecified atom stereocenters. The molecule has 116 valence electrons. The minimum Gasteiger partial charge on any atom is -0.353 e. The normalized spacial score (nSPS) is 12.2. The van der Waals surface area contributed by atoms with E-state index in [9.17, 15) is 8.42 Å². The number of sulfonamides is 1. The summed E-state index contributed by atoms with van der Waals surface area (Å²) in [4.78, 5) is 4.37. The monoisotopic (exact) mass is 311 g/mol. The third-order valence-electron chi connectivity index (χ3n) is 3.24. The van der Waals surface area contributed by atoms with Crippen LogP contribution in [-0.2, 0) is 10.0 Å². The van der Waals surface area contributed by atoms with Gasteiger partial charge in [0.2, 0.25) is 16.0 Å². The summed E-state index contributed by atoms with van der Waals surface area (Å²) in [5, 5.41) is 7.49. The smallest absolute Gasteiger partial charge is 0.243 e. The number of hydrogen-bond donors (Lipinski definition) is 1. The van der Waals surface area contributed by atoms with Crippen LogP contribution in [0.5, 0.6) is 0 Å². The molecule has 7 nitrogen and oxygen atoms in total. The molecule has 2 heterocycles. The SMILES string of the molecule is CCN(CCCNc1nc2cccc(C)n2n1)S(C)(=O)=O. The van der Waals surface area contributed by atoms with Crippen LogP contribution in [0.3, 0.4) is 0 Å². The van der Waals surface area contributed by atoms with Crippen molar-refractivity contribution in [2.75, 3.05) is 31.2 Å². The van der Waals surface area contributed by atoms with Gasteiger partial charge in [-0.3, -0.25) is 0 Å². The zero-order chi connectivity index (χ0) is 15.5. The Hall–Kier alpha value is -1.67. The average Bonchev–Trinajstić information content (AvgIpc) is 2.81. The maximum Gasteiger partial charge on any atom is 0.243 e. The Morgan fingerprint density at radius 3 is 2.76 bits per heavy atom. The molecule has 0 fully saturated rings. The molecule has 0 saturated carbocycles. The molecule has 8 heteroatoms. The number of hydrogen-bond acceptors (Lipinski definition) is 5. The first-order valence-corrected chi connectivity index (χ1v) is 8.78. The van der Waals surface area contributed by atoms with Gasteiger partial charge in [-0.15, -0.1) is 5.10 Å². The first-order valence-electron chi connectivity index (χ1n) is 6.93. The van der Waals surface area contributed by atoms with E-state index in [1.807, 2.05) is 32.0 Å². The third kappa shape index (κ3) is 3.92. The van der Waals surface area contributed by atoms with E-state index < -0.39 is 10.0 Å². The van der Waals surface area contributed by atoms with Crippen LogP contribution in [0.15, 0.2) is 18.2 Å². The fourth-order valence-electron chi connectivity index (χ4n) is 2.12. The van der Waals surface area contributed by atoms with Crippen LogP contribution in [0.2, 0.25) is 0 Å². The number of aromatic nitrogens is 3. The summed E-state index contributed by atoms with van der Waals surface area (Å²) in [7, 11) is -3.12. The van der Waals surface area contributed by atoms with Crippen molar-refractivity contribution < 1.29 is 8.42 Å². The molecule has 0 atom stereocenters. The second-order valence-corrected chi connectivity index (χ2v) is 6.89. The summed E-state index contributed by atoms with van der Waals surface area (Å²) in [6, 6.07) is 5.80. The van der Waals surface area contributed by atoms with Gasteiger partial charge in [0.05, 0.1) is 6.26 Å². The standard InChI is InChI=1S/C13H21N5O2S/c1-4-17(21(3,19)20)10-6-9-14-13-15-12-8-5-7-11(2)18(12)16-13/h5,7-8H,4,6,9-10H2,1-3H3,(H,14,16). The Morgan fingerprint density at radius 2 is 2.14 bits per heavy atom. The van der Waals surface area contributed by atoms with Crippen molar-refractivity contribution >= 4 is 21.6 Å². The topological polar surface area (TPSA) is 79.6 Å². The van der Waals surface area contributed by atoms with Crippen molar-refractivity contribution in [3.63, 3.8) is 0 Å². The number of fused-ring (bicyclic) bond motifs is 1. The third-order valence-corrected chi connectivity index (χ3v) is 4.62. The molecule has 0 aliphatic rings. The lowest BCUT2D eigenvalue weighted by Gasteiger charge is -2.17. The maximum atomic E-state index is 11.5. The van der Waals surface area contributed by atoms with Crippen LogP contribution in [-0.4, -0.2) is 53.2 Å². The lowest BCUT2D eigenvalue weighted by atomic mass is 10.4. The summed E-state index contributed by atoms with van der Waals surface area (Å²) in [5.74, 6) is 0.562. The van der Waals surface area contributed by atoms with Crippen LogP contribution < -0.4 is 5.32 Å². The Bertz CT molecular complexity index is 710. The second-order valence-electron chi connectivity index (χ2n) is 4.91. The molecule has 0 aromatic carbocycles. The lowest BCUT2D eigenvalue weighted by molar-refractivity contribution is 0.428. The molecule has 0 radical (unpaired) electrons. The zero-order valence-corrected chi connectivity index (χ0v) is 13.4. The van der Waals surface area contributed by atoms with Crippen molar-refractivity contribution in [3.05, 3.63) is 23.9 Å². The van der Waals surface area contributed by atoms with E-state index in [-0.39, 0.29) is 0 Å². The van der Waals surface area contributed by atoms with Gasteiger partial charge in [-0.1, -0.05) is 13.0 Å². The van der Waals surface area contributed by atoms with Crippen LogP contribution in [0.25, 0.3) is 5.65 Å². The van der Waals surface area contributed by atoms with Gasteiger partial charge in [-0.2, -0.15) is 4.98 Å². The van der Waals surface area contributed by atoms with Crippen molar-refractivity contribution in [1.82, 2.24) is 18.9 Å². The zero-order valence-electron chi connectivity index (χ0n) is 12.6. The van der Waals surface area contributed by atoms with E-state index in [4.69, 9.17) is 0 Å². The quantitative estimate of drug-likeness (QED) is 0.775. The molecule has 0 spiro atoms. The minimum atomic E-state index is -3.12.